The van der Waals surface area contributed by atoms with Crippen LogP contribution in [0, 0.1) is 52.3 Å². The van der Waals surface area contributed by atoms with Crippen LogP contribution < -0.4 is 50.3 Å². The summed E-state index contributed by atoms with van der Waals surface area (Å²) < 4.78 is 22.9. The third kappa shape index (κ3) is 14.3. The number of aliphatic imine (C=N–C) groups is 3. The van der Waals surface area contributed by atoms with Crippen LogP contribution in [-0.4, -0.2) is 136 Å². The number of hydrogen-bond donors (Lipinski definition) is 11. The maximum atomic E-state index is 13.7. The molecule has 494 valence electrons. The van der Waals surface area contributed by atoms with E-state index in [1.54, 1.807) is 6.92 Å². The van der Waals surface area contributed by atoms with Crippen LogP contribution in [0.1, 0.15) is 139 Å². The number of carbonyl (C=O) groups is 7. The number of phosphoric acid groups is 1. The summed E-state index contributed by atoms with van der Waals surface area (Å²) in [5.41, 5.74) is 40.1. The predicted octanol–water partition coefficient (Wildman–Crippen LogP) is 0.864. The molecular weight excluding hydrogens is 1230 g/mol. The molecule has 2 fully saturated rings. The van der Waals surface area contributed by atoms with E-state index in [-0.39, 0.29) is 99.8 Å². The molecule has 0 aliphatic carbocycles. The molecule has 7 amide bonds. The standard InChI is InChI=1S/C48H74N11O11P.C10H12N5O3.Co/c1-23(70-71(67,68)69)22-55-38(66)16-17-45(6)29(18-35(52)63)43-48(9)47(8,21-37(54)65)28(12-15-34(51)62)40(59-48)25(3)42-46(7,20-36(53)64)26(10-13-32(49)60)30(56-42)19-31-44(4,5)27(11-14-33(50)61)39(57-31)24(2)41(45)58-43;1-4-6(16)7(17)10(18-4)15-3-14-5-8(11)12-2-13-9(5)15;/h19,23,26-29,43H,10-18,20-22H2,1-9H3,(H16,49,50,51,52,53,54,55,56,57,58,59,60,61,62,63,64,65,66,67,68,69);2-4,6-7,10,16-17H,1H2,(H2,11,12,13);/q;-1;+3/p-2/t23-,26-,27-,28-,29+,43-,45-,46+,47+,48+;4-,6-,7-,10-;/m11./s1. The van der Waals surface area contributed by atoms with Gasteiger partial charge in [0.1, 0.15) is 17.9 Å². The zero-order chi connectivity index (χ0) is 66.4. The number of carbonyl (C=O) groups excluding carboxylic acids is 7. The van der Waals surface area contributed by atoms with Crippen molar-refractivity contribution in [3.8, 4) is 0 Å². The fourth-order valence-corrected chi connectivity index (χ4v) is 15.0. The van der Waals surface area contributed by atoms with E-state index in [2.05, 4.69) is 31.7 Å². The summed E-state index contributed by atoms with van der Waals surface area (Å²) in [6, 6.07) is -1.00. The first kappa shape index (κ1) is 72.2. The Bertz CT molecular complexity index is 3450. The number of aliphatic hydroxyl groups excluding tert-OH is 2. The molecule has 15 atom stereocenters. The third-order valence-electron chi connectivity index (χ3n) is 19.3. The Kier molecular flexibility index (Phi) is 21.8. The normalized spacial score (nSPS) is 33.9. The average Bonchev–Trinajstić information content (AvgIpc) is 1.53. The number of nitrogen functional groups attached to an aromatic ring is 1. The quantitative estimate of drug-likeness (QED) is 0.0543. The van der Waals surface area contributed by atoms with Gasteiger partial charge in [0, 0.05) is 108 Å². The SMILES string of the molecule is C/C1=C2/[N-][C@H]([C@H](CC(N)=O)[C@@]2(C)CCC(=O)NC[C@@H](C)OP(=O)([O-])O)[C@]2(C)N=C(/C(C)=C3N=C(/C=C4N=C1[C@@H](CCC(N)=O)C\4(C)C)[C@@H](CCC(N)=O)[C@]\3(C)CC(N)=O)[C@@H](CCC(N)=O)[C@]2(C)CC(N)=O.[CH2-][C@H]1O[C@@H](n2cnc3c(N)ncnc32)[C@H](O)[C@@H]1O.[Co+3]. The molecule has 0 aromatic carbocycles. The van der Waals surface area contributed by atoms with E-state index in [1.807, 2.05) is 54.5 Å². The fraction of sp³-hybridized carbons (Fsp3) is 0.621. The van der Waals surface area contributed by atoms with Gasteiger partial charge in [0.25, 0.3) is 7.82 Å². The minimum absolute atomic E-state index is 0. The van der Waals surface area contributed by atoms with E-state index in [0.29, 0.717) is 56.5 Å². The van der Waals surface area contributed by atoms with E-state index in [9.17, 15) is 58.1 Å². The topological polar surface area (TPSA) is 528 Å². The number of nitrogens with zero attached hydrogens (tertiary/aromatic N) is 8. The number of nitrogens with one attached hydrogen (secondary N) is 1. The maximum absolute atomic E-state index is 13.7. The number of rotatable bonds is 23. The van der Waals surface area contributed by atoms with Crippen molar-refractivity contribution in [3.63, 3.8) is 0 Å². The van der Waals surface area contributed by atoms with E-state index in [0.717, 1.165) is 0 Å². The molecule has 8 bridgehead atoms. The number of imidazole rings is 1. The first-order chi connectivity index (χ1) is 41.2. The number of fused-ring (bicyclic) bond motifs is 7. The molecule has 2 aromatic heterocycles. The Balaban J connectivity index is 0.000000573. The number of hydrogen-bond acceptors (Lipinski definition) is 20. The molecular formula is C58H84CoN16O14P. The molecule has 30 nitrogen and oxygen atoms in total. The first-order valence-electron chi connectivity index (χ1n) is 29.3. The van der Waals surface area contributed by atoms with Crippen molar-refractivity contribution in [1.82, 2.24) is 24.8 Å². The van der Waals surface area contributed by atoms with E-state index in [1.165, 1.54) is 24.1 Å². The largest absolute Gasteiger partial charge is 3.00 e. The molecule has 2 saturated heterocycles. The van der Waals surface area contributed by atoms with Gasteiger partial charge in [-0.15, -0.1) is 0 Å². The van der Waals surface area contributed by atoms with Crippen LogP contribution in [-0.2, 0) is 64.2 Å². The Hall–Kier alpha value is -6.83. The Morgan fingerprint density at radius 3 is 1.93 bits per heavy atom. The van der Waals surface area contributed by atoms with Crippen LogP contribution in [0.25, 0.3) is 16.5 Å². The van der Waals surface area contributed by atoms with Gasteiger partial charge in [-0.25, -0.2) is 15.0 Å². The van der Waals surface area contributed by atoms with E-state index < -0.39 is 137 Å². The molecule has 6 aliphatic heterocycles. The van der Waals surface area contributed by atoms with Crippen LogP contribution >= 0.6 is 7.82 Å². The van der Waals surface area contributed by atoms with Crippen LogP contribution in [0.5, 0.6) is 0 Å². The van der Waals surface area contributed by atoms with Crippen molar-refractivity contribution in [2.45, 2.75) is 175 Å². The molecule has 18 N–H and O–H groups in total. The van der Waals surface area contributed by atoms with Gasteiger partial charge >= 0.3 is 16.8 Å². The summed E-state index contributed by atoms with van der Waals surface area (Å²) in [5.74, 6) is -6.83. The van der Waals surface area contributed by atoms with Gasteiger partial charge in [-0.2, -0.15) is 5.70 Å². The monoisotopic (exact) mass is 1320 g/mol. The number of amides is 7. The number of phosphoric ester groups is 1. The van der Waals surface area contributed by atoms with Gasteiger partial charge < -0.3 is 87.0 Å². The number of aromatic nitrogens is 4. The summed E-state index contributed by atoms with van der Waals surface area (Å²) >= 11 is 0. The minimum Gasteiger partial charge on any atom is -0.756 e. The number of primary amides is 6. The van der Waals surface area contributed by atoms with Gasteiger partial charge in [-0.1, -0.05) is 40.7 Å². The Morgan fingerprint density at radius 2 is 1.39 bits per heavy atom. The summed E-state index contributed by atoms with van der Waals surface area (Å²) in [7, 11) is -5.11. The maximum Gasteiger partial charge on any atom is 3.00 e. The van der Waals surface area contributed by atoms with Crippen LogP contribution in [0.15, 0.2) is 61.9 Å². The van der Waals surface area contributed by atoms with Crippen molar-refractivity contribution >= 4 is 83.3 Å². The molecule has 6 aliphatic rings. The van der Waals surface area contributed by atoms with Gasteiger partial charge in [0.15, 0.2) is 17.7 Å². The Labute approximate surface area is 531 Å². The molecule has 0 radical (unpaired) electrons. The molecule has 0 saturated carbocycles. The Morgan fingerprint density at radius 1 is 0.800 bits per heavy atom. The predicted molar refractivity (Wildman–Crippen MR) is 324 cm³/mol. The van der Waals surface area contributed by atoms with Crippen molar-refractivity contribution in [1.29, 1.82) is 0 Å². The molecule has 8 rings (SSSR count). The summed E-state index contributed by atoms with van der Waals surface area (Å²) in [6.07, 6.45) is -0.925. The van der Waals surface area contributed by atoms with Gasteiger partial charge in [0.05, 0.1) is 29.8 Å². The third-order valence-corrected chi connectivity index (χ3v) is 19.9. The average molecular weight is 1320 g/mol. The van der Waals surface area contributed by atoms with Crippen molar-refractivity contribution in [2.24, 2.45) is 94.7 Å². The number of ether oxygens (including phenoxy) is 1. The van der Waals surface area contributed by atoms with Crippen molar-refractivity contribution in [2.75, 3.05) is 12.3 Å². The number of allylic oxidation sites excluding steroid dienone is 6. The molecule has 32 heteroatoms. The second-order valence-corrected chi connectivity index (χ2v) is 26.9. The number of nitrogens with two attached hydrogens (primary N) is 7. The molecule has 90 heavy (non-hydrogen) atoms. The molecule has 2 aromatic rings. The van der Waals surface area contributed by atoms with Gasteiger partial charge in [0.2, 0.25) is 41.4 Å². The van der Waals surface area contributed by atoms with Crippen molar-refractivity contribution in [3.05, 3.63) is 59.2 Å². The molecule has 8 heterocycles. The number of aliphatic hydroxyl groups is 2. The van der Waals surface area contributed by atoms with E-state index >= 15 is 0 Å². The minimum atomic E-state index is -5.11. The van der Waals surface area contributed by atoms with Gasteiger partial charge in [-0.3, -0.25) is 57.7 Å². The van der Waals surface area contributed by atoms with E-state index in [4.69, 9.17) is 65.2 Å². The molecule has 0 spiro atoms. The zero-order valence-corrected chi connectivity index (χ0v) is 53.9. The molecule has 1 unspecified atom stereocenters. The fourth-order valence-electron chi connectivity index (χ4n) is 14.5. The number of anilines is 1. The van der Waals surface area contributed by atoms with Crippen LogP contribution in [0.4, 0.5) is 5.82 Å². The zero-order valence-electron chi connectivity index (χ0n) is 51.9. The second kappa shape index (κ2) is 27.2. The van der Waals surface area contributed by atoms with Crippen LogP contribution in [0.3, 0.4) is 0 Å². The smallest absolute Gasteiger partial charge is 0.756 e. The second-order valence-electron chi connectivity index (χ2n) is 25.8. The van der Waals surface area contributed by atoms with Crippen LogP contribution in [0.2, 0.25) is 0 Å². The summed E-state index contributed by atoms with van der Waals surface area (Å²) in [4.78, 5) is 140. The van der Waals surface area contributed by atoms with Crippen molar-refractivity contribution < 1.29 is 84.2 Å². The summed E-state index contributed by atoms with van der Waals surface area (Å²) in [6.45, 7) is 19.6. The van der Waals surface area contributed by atoms with Gasteiger partial charge in [-0.05, 0) is 88.0 Å². The first-order valence-corrected chi connectivity index (χ1v) is 30.8. The summed E-state index contributed by atoms with van der Waals surface area (Å²) in [5, 5.41) is 27.7.